The molecule has 0 bridgehead atoms. The fourth-order valence-corrected chi connectivity index (χ4v) is 2.65. The Morgan fingerprint density at radius 2 is 1.93 bits per heavy atom. The largest absolute Gasteiger partial charge is 0.477 e. The summed E-state index contributed by atoms with van der Waals surface area (Å²) in [5, 5.41) is 13.2. The number of ether oxygens (including phenoxy) is 4. The molecule has 0 amide bonds. The van der Waals surface area contributed by atoms with E-state index in [0.717, 1.165) is 36.3 Å². The fraction of sp³-hybridized carbons (Fsp3) is 0.600. The van der Waals surface area contributed by atoms with Gasteiger partial charge >= 0.3 is 5.97 Å². The summed E-state index contributed by atoms with van der Waals surface area (Å²) < 4.78 is 20.9. The second-order valence-electron chi connectivity index (χ2n) is 6.82. The van der Waals surface area contributed by atoms with Gasteiger partial charge < -0.3 is 28.9 Å². The van der Waals surface area contributed by atoms with E-state index >= 15 is 0 Å². The summed E-state index contributed by atoms with van der Waals surface area (Å²) in [4.78, 5) is 16.4. The molecule has 1 aromatic carbocycles. The monoisotopic (exact) mass is 395 g/mol. The Labute approximate surface area is 165 Å². The van der Waals surface area contributed by atoms with Gasteiger partial charge in [0.25, 0.3) is 5.79 Å². The van der Waals surface area contributed by atoms with Gasteiger partial charge in [-0.3, -0.25) is 0 Å². The van der Waals surface area contributed by atoms with Crippen molar-refractivity contribution < 1.29 is 33.7 Å². The number of nitrogens with zero attached hydrogens (tertiary/aromatic N) is 1. The van der Waals surface area contributed by atoms with E-state index in [2.05, 4.69) is 5.16 Å². The van der Waals surface area contributed by atoms with E-state index in [1.54, 1.807) is 7.11 Å². The highest BCUT2D eigenvalue weighted by Gasteiger charge is 2.40. The lowest BCUT2D eigenvalue weighted by atomic mass is 10.0. The highest BCUT2D eigenvalue weighted by Crippen LogP contribution is 2.24. The van der Waals surface area contributed by atoms with Crippen molar-refractivity contribution in [2.24, 2.45) is 11.1 Å². The van der Waals surface area contributed by atoms with E-state index in [1.807, 2.05) is 31.2 Å². The number of benzene rings is 1. The maximum absolute atomic E-state index is 11.0. The second kappa shape index (κ2) is 11.0. The number of carbonyl (C=O) groups is 1. The molecule has 0 saturated carbocycles. The number of carboxylic acids is 1. The fourth-order valence-electron chi connectivity index (χ4n) is 2.65. The van der Waals surface area contributed by atoms with Crippen molar-refractivity contribution >= 4 is 11.7 Å². The smallest absolute Gasteiger partial charge is 0.364 e. The van der Waals surface area contributed by atoms with Gasteiger partial charge in [0.1, 0.15) is 12.4 Å². The molecule has 1 aliphatic heterocycles. The van der Waals surface area contributed by atoms with E-state index in [0.29, 0.717) is 19.8 Å². The van der Waals surface area contributed by atoms with Crippen LogP contribution in [0, 0.1) is 5.92 Å². The normalized spacial score (nSPS) is 22.7. The highest BCUT2D eigenvalue weighted by atomic mass is 16.7. The Morgan fingerprint density at radius 1 is 1.25 bits per heavy atom. The molecule has 0 spiro atoms. The summed E-state index contributed by atoms with van der Waals surface area (Å²) in [6, 6.07) is 7.55. The molecule has 1 aromatic rings. The molecule has 8 nitrogen and oxygen atoms in total. The Kier molecular flexibility index (Phi) is 8.69. The van der Waals surface area contributed by atoms with E-state index in [9.17, 15) is 4.79 Å². The number of methoxy groups -OCH3 is 1. The molecule has 0 aromatic heterocycles. The van der Waals surface area contributed by atoms with Crippen LogP contribution < -0.4 is 4.74 Å². The van der Waals surface area contributed by atoms with Gasteiger partial charge in [-0.25, -0.2) is 4.79 Å². The molecule has 2 rings (SSSR count). The van der Waals surface area contributed by atoms with Crippen molar-refractivity contribution in [3.05, 3.63) is 29.8 Å². The van der Waals surface area contributed by atoms with Crippen LogP contribution in [0.25, 0.3) is 0 Å². The molecule has 0 radical (unpaired) electrons. The van der Waals surface area contributed by atoms with Crippen molar-refractivity contribution in [3.8, 4) is 5.75 Å². The third-order valence-corrected chi connectivity index (χ3v) is 4.49. The molecule has 0 aliphatic carbocycles. The van der Waals surface area contributed by atoms with Gasteiger partial charge in [0.15, 0.2) is 6.79 Å². The van der Waals surface area contributed by atoms with Crippen LogP contribution in [0.3, 0.4) is 0 Å². The SMILES string of the molecule is COCOc1ccc(/C(C)=N\OCCCCC2COC(C)(C(=O)O)OC2)cc1. The van der Waals surface area contributed by atoms with E-state index in [1.165, 1.54) is 6.92 Å². The van der Waals surface area contributed by atoms with Crippen LogP contribution in [0.2, 0.25) is 0 Å². The topological polar surface area (TPSA) is 95.8 Å². The molecule has 8 heteroatoms. The van der Waals surface area contributed by atoms with Crippen LogP contribution >= 0.6 is 0 Å². The Morgan fingerprint density at radius 3 is 2.54 bits per heavy atom. The van der Waals surface area contributed by atoms with Crippen molar-refractivity contribution in [1.82, 2.24) is 0 Å². The zero-order chi connectivity index (χ0) is 20.4. The summed E-state index contributed by atoms with van der Waals surface area (Å²) in [7, 11) is 1.58. The lowest BCUT2D eigenvalue weighted by Gasteiger charge is -2.34. The quantitative estimate of drug-likeness (QED) is 0.266. The number of hydrogen-bond acceptors (Lipinski definition) is 7. The lowest BCUT2D eigenvalue weighted by Crippen LogP contribution is -2.47. The van der Waals surface area contributed by atoms with Gasteiger partial charge in [0, 0.05) is 20.0 Å². The zero-order valence-corrected chi connectivity index (χ0v) is 16.7. The van der Waals surface area contributed by atoms with Crippen molar-refractivity contribution in [2.45, 2.75) is 38.9 Å². The molecule has 156 valence electrons. The molecule has 0 unspecified atom stereocenters. The van der Waals surface area contributed by atoms with Gasteiger partial charge in [-0.15, -0.1) is 0 Å². The minimum Gasteiger partial charge on any atom is -0.477 e. The van der Waals surface area contributed by atoms with Crippen molar-refractivity contribution in [1.29, 1.82) is 0 Å². The van der Waals surface area contributed by atoms with Crippen molar-refractivity contribution in [2.75, 3.05) is 33.7 Å². The summed E-state index contributed by atoms with van der Waals surface area (Å²) in [6.07, 6.45) is 2.68. The maximum atomic E-state index is 11.0. The first-order valence-electron chi connectivity index (χ1n) is 9.34. The zero-order valence-electron chi connectivity index (χ0n) is 16.7. The number of hydrogen-bond donors (Lipinski definition) is 1. The van der Waals surface area contributed by atoms with Crippen LogP contribution in [-0.2, 0) is 23.8 Å². The van der Waals surface area contributed by atoms with Crippen LogP contribution in [0.1, 0.15) is 38.7 Å². The van der Waals surface area contributed by atoms with Crippen LogP contribution in [0.4, 0.5) is 0 Å². The predicted octanol–water partition coefficient (Wildman–Crippen LogP) is 3.04. The Bertz CT molecular complexity index is 636. The van der Waals surface area contributed by atoms with Gasteiger partial charge in [-0.1, -0.05) is 5.16 Å². The molecular formula is C20H29NO7. The summed E-state index contributed by atoms with van der Waals surface area (Å²) >= 11 is 0. The van der Waals surface area contributed by atoms with Crippen molar-refractivity contribution in [3.63, 3.8) is 0 Å². The van der Waals surface area contributed by atoms with Gasteiger partial charge in [0.05, 0.1) is 18.9 Å². The van der Waals surface area contributed by atoms with Crippen LogP contribution in [0.15, 0.2) is 29.4 Å². The van der Waals surface area contributed by atoms with Crippen LogP contribution in [-0.4, -0.2) is 56.3 Å². The second-order valence-corrected chi connectivity index (χ2v) is 6.82. The minimum atomic E-state index is -1.51. The summed E-state index contributed by atoms with van der Waals surface area (Å²) in [5.74, 6) is -1.67. The average molecular weight is 395 g/mol. The van der Waals surface area contributed by atoms with Crippen LogP contribution in [0.5, 0.6) is 5.75 Å². The Hall–Kier alpha value is -2.16. The predicted molar refractivity (Wildman–Crippen MR) is 102 cm³/mol. The standard InChI is InChI=1S/C20H29NO7/c1-15(17-7-9-18(10-8-17)25-14-24-3)21-28-11-5-4-6-16-12-26-20(2,19(22)23)27-13-16/h7-10,16H,4-6,11-14H2,1-3H3,(H,22,23)/b21-15-. The Balaban J connectivity index is 1.61. The first-order valence-corrected chi connectivity index (χ1v) is 9.34. The maximum Gasteiger partial charge on any atom is 0.364 e. The molecule has 28 heavy (non-hydrogen) atoms. The minimum absolute atomic E-state index is 0.205. The molecule has 1 N–H and O–H groups in total. The lowest BCUT2D eigenvalue weighted by molar-refractivity contribution is -0.271. The third kappa shape index (κ3) is 6.78. The molecular weight excluding hydrogens is 366 g/mol. The highest BCUT2D eigenvalue weighted by molar-refractivity contribution is 5.98. The molecule has 1 aliphatic rings. The van der Waals surface area contributed by atoms with E-state index < -0.39 is 11.8 Å². The van der Waals surface area contributed by atoms with E-state index in [4.69, 9.17) is 28.9 Å². The first-order chi connectivity index (χ1) is 13.4. The molecule has 1 heterocycles. The molecule has 1 fully saturated rings. The number of unbranched alkanes of at least 4 members (excludes halogenated alkanes) is 1. The number of aliphatic carboxylic acids is 1. The van der Waals surface area contributed by atoms with Gasteiger partial charge in [-0.05, 0) is 56.0 Å². The van der Waals surface area contributed by atoms with Gasteiger partial charge in [-0.2, -0.15) is 0 Å². The molecule has 1 saturated heterocycles. The van der Waals surface area contributed by atoms with Gasteiger partial charge in [0.2, 0.25) is 0 Å². The average Bonchev–Trinajstić information content (AvgIpc) is 2.70. The summed E-state index contributed by atoms with van der Waals surface area (Å²) in [6.45, 7) is 4.85. The first kappa shape index (κ1) is 22.1. The summed E-state index contributed by atoms with van der Waals surface area (Å²) in [5.41, 5.74) is 1.75. The third-order valence-electron chi connectivity index (χ3n) is 4.49. The number of oxime groups is 1. The van der Waals surface area contributed by atoms with E-state index in [-0.39, 0.29) is 12.7 Å². The number of carboxylic acid groups (broad SMARTS) is 1. The molecule has 0 atom stereocenters. The number of rotatable bonds is 11.